The first-order valence-electron chi connectivity index (χ1n) is 4.70. The van der Waals surface area contributed by atoms with Gasteiger partial charge in [0.05, 0.1) is 5.75 Å². The zero-order chi connectivity index (χ0) is 12.2. The average Bonchev–Trinajstić information content (AvgIpc) is 2.21. The van der Waals surface area contributed by atoms with E-state index in [1.807, 2.05) is 0 Å². The third-order valence-corrected chi connectivity index (χ3v) is 4.59. The number of halogens is 2. The van der Waals surface area contributed by atoms with E-state index in [0.29, 0.717) is 11.6 Å². The van der Waals surface area contributed by atoms with Crippen molar-refractivity contribution in [2.45, 2.75) is 6.54 Å². The first-order valence-corrected chi connectivity index (χ1v) is 7.22. The minimum absolute atomic E-state index is 0.0430. The Hall–Kier alpha value is -0.290. The summed E-state index contributed by atoms with van der Waals surface area (Å²) in [5.74, 6) is 0.0614. The summed E-state index contributed by atoms with van der Waals surface area (Å²) in [7, 11) is -1.71. The average molecular weight is 282 g/mol. The van der Waals surface area contributed by atoms with Crippen LogP contribution in [0.4, 0.5) is 0 Å². The molecule has 1 aromatic carbocycles. The Morgan fingerprint density at radius 1 is 1.25 bits per heavy atom. The summed E-state index contributed by atoms with van der Waals surface area (Å²) in [5.41, 5.74) is 0.894. The summed E-state index contributed by atoms with van der Waals surface area (Å²) in [6, 6.07) is 7.07. The van der Waals surface area contributed by atoms with Crippen molar-refractivity contribution in [3.8, 4) is 0 Å². The summed E-state index contributed by atoms with van der Waals surface area (Å²) in [6.07, 6.45) is 0. The molecule has 0 saturated carbocycles. The van der Waals surface area contributed by atoms with Crippen LogP contribution in [0.3, 0.4) is 0 Å². The van der Waals surface area contributed by atoms with Gasteiger partial charge < -0.3 is 0 Å². The fourth-order valence-electron chi connectivity index (χ4n) is 1.20. The van der Waals surface area contributed by atoms with Gasteiger partial charge in [-0.25, -0.2) is 12.7 Å². The van der Waals surface area contributed by atoms with Crippen molar-refractivity contribution in [1.82, 2.24) is 4.31 Å². The molecular weight excluding hydrogens is 269 g/mol. The molecular formula is C10H13Cl2NO2S. The number of benzene rings is 1. The van der Waals surface area contributed by atoms with Gasteiger partial charge in [0, 0.05) is 24.5 Å². The molecule has 0 aliphatic carbocycles. The van der Waals surface area contributed by atoms with Crippen LogP contribution in [0.15, 0.2) is 24.3 Å². The first-order chi connectivity index (χ1) is 7.45. The van der Waals surface area contributed by atoms with Crippen LogP contribution in [0.1, 0.15) is 5.56 Å². The highest BCUT2D eigenvalue weighted by molar-refractivity contribution is 7.89. The fourth-order valence-corrected chi connectivity index (χ4v) is 2.76. The minimum atomic E-state index is -3.25. The topological polar surface area (TPSA) is 37.4 Å². The van der Waals surface area contributed by atoms with Gasteiger partial charge in [0.2, 0.25) is 10.0 Å². The second-order valence-corrected chi connectivity index (χ2v) is 6.40. The molecule has 0 saturated heterocycles. The normalized spacial score (nSPS) is 12.0. The molecule has 0 radical (unpaired) electrons. The van der Waals surface area contributed by atoms with Crippen LogP contribution >= 0.6 is 23.2 Å². The largest absolute Gasteiger partial charge is 0.215 e. The van der Waals surface area contributed by atoms with Crippen molar-refractivity contribution in [1.29, 1.82) is 0 Å². The van der Waals surface area contributed by atoms with Gasteiger partial charge >= 0.3 is 0 Å². The van der Waals surface area contributed by atoms with Crippen molar-refractivity contribution in [3.05, 3.63) is 34.9 Å². The number of alkyl halides is 1. The zero-order valence-electron chi connectivity index (χ0n) is 8.86. The fraction of sp³-hybridized carbons (Fsp3) is 0.400. The van der Waals surface area contributed by atoms with Gasteiger partial charge in [0.25, 0.3) is 0 Å². The Labute approximate surface area is 106 Å². The van der Waals surface area contributed by atoms with Gasteiger partial charge in [0.15, 0.2) is 0 Å². The Bertz CT molecular complexity index is 431. The highest BCUT2D eigenvalue weighted by atomic mass is 35.5. The number of nitrogens with zero attached hydrogens (tertiary/aromatic N) is 1. The lowest BCUT2D eigenvalue weighted by Crippen LogP contribution is -2.29. The van der Waals surface area contributed by atoms with Crippen LogP contribution in [-0.4, -0.2) is 31.4 Å². The Morgan fingerprint density at radius 3 is 2.31 bits per heavy atom. The van der Waals surface area contributed by atoms with Gasteiger partial charge in [-0.15, -0.1) is 11.6 Å². The van der Waals surface area contributed by atoms with Crippen LogP contribution in [-0.2, 0) is 16.6 Å². The second kappa shape index (κ2) is 5.87. The predicted octanol–water partition coefficient (Wildman–Crippen LogP) is 2.34. The maximum Gasteiger partial charge on any atom is 0.215 e. The summed E-state index contributed by atoms with van der Waals surface area (Å²) in [5, 5.41) is 0.634. The van der Waals surface area contributed by atoms with E-state index in [0.717, 1.165) is 5.56 Å². The lowest BCUT2D eigenvalue weighted by molar-refractivity contribution is 0.468. The number of hydrogen-bond acceptors (Lipinski definition) is 2. The number of hydrogen-bond donors (Lipinski definition) is 0. The molecule has 0 amide bonds. The van der Waals surface area contributed by atoms with Crippen LogP contribution in [0, 0.1) is 0 Å². The van der Waals surface area contributed by atoms with E-state index >= 15 is 0 Å². The molecule has 0 unspecified atom stereocenters. The van der Waals surface area contributed by atoms with E-state index < -0.39 is 10.0 Å². The van der Waals surface area contributed by atoms with Crippen LogP contribution in [0.2, 0.25) is 5.02 Å². The lowest BCUT2D eigenvalue weighted by Gasteiger charge is -2.16. The maximum atomic E-state index is 11.6. The molecule has 6 heteroatoms. The molecule has 90 valence electrons. The van der Waals surface area contributed by atoms with Crippen molar-refractivity contribution < 1.29 is 8.42 Å². The highest BCUT2D eigenvalue weighted by Crippen LogP contribution is 2.12. The van der Waals surface area contributed by atoms with E-state index in [4.69, 9.17) is 23.2 Å². The molecule has 1 rings (SSSR count). The van der Waals surface area contributed by atoms with E-state index in [-0.39, 0.29) is 11.6 Å². The molecule has 0 spiro atoms. The van der Waals surface area contributed by atoms with Gasteiger partial charge in [0.1, 0.15) is 0 Å². The van der Waals surface area contributed by atoms with E-state index in [1.165, 1.54) is 11.4 Å². The molecule has 0 heterocycles. The van der Waals surface area contributed by atoms with Crippen LogP contribution in [0.25, 0.3) is 0 Å². The van der Waals surface area contributed by atoms with E-state index in [2.05, 4.69) is 0 Å². The van der Waals surface area contributed by atoms with Crippen LogP contribution in [0.5, 0.6) is 0 Å². The third-order valence-electron chi connectivity index (χ3n) is 2.13. The van der Waals surface area contributed by atoms with Gasteiger partial charge in [-0.05, 0) is 17.7 Å². The monoisotopic (exact) mass is 281 g/mol. The summed E-state index contributed by atoms with van der Waals surface area (Å²) < 4.78 is 24.5. The van der Waals surface area contributed by atoms with E-state index in [9.17, 15) is 8.42 Å². The van der Waals surface area contributed by atoms with Gasteiger partial charge in [-0.3, -0.25) is 0 Å². The Morgan fingerprint density at radius 2 is 1.81 bits per heavy atom. The molecule has 0 atom stereocenters. The Kier molecular flexibility index (Phi) is 5.05. The summed E-state index contributed by atoms with van der Waals surface area (Å²) in [4.78, 5) is 0. The molecule has 0 N–H and O–H groups in total. The van der Waals surface area contributed by atoms with Gasteiger partial charge in [-0.1, -0.05) is 23.7 Å². The molecule has 0 fully saturated rings. The highest BCUT2D eigenvalue weighted by Gasteiger charge is 2.16. The molecule has 1 aromatic rings. The predicted molar refractivity (Wildman–Crippen MR) is 67.4 cm³/mol. The number of rotatable bonds is 5. The number of sulfonamides is 1. The van der Waals surface area contributed by atoms with Gasteiger partial charge in [-0.2, -0.15) is 0 Å². The van der Waals surface area contributed by atoms with Crippen molar-refractivity contribution >= 4 is 33.2 Å². The van der Waals surface area contributed by atoms with Crippen molar-refractivity contribution in [2.75, 3.05) is 18.7 Å². The minimum Gasteiger partial charge on any atom is -0.212 e. The second-order valence-electron chi connectivity index (χ2n) is 3.39. The van der Waals surface area contributed by atoms with Crippen molar-refractivity contribution in [3.63, 3.8) is 0 Å². The molecule has 0 aromatic heterocycles. The Balaban J connectivity index is 2.71. The zero-order valence-corrected chi connectivity index (χ0v) is 11.2. The summed E-state index contributed by atoms with van der Waals surface area (Å²) in [6.45, 7) is 0.330. The van der Waals surface area contributed by atoms with Crippen LogP contribution < -0.4 is 0 Å². The SMILES string of the molecule is CN(Cc1ccc(Cl)cc1)S(=O)(=O)CCCl. The summed E-state index contributed by atoms with van der Waals surface area (Å²) >= 11 is 11.2. The lowest BCUT2D eigenvalue weighted by atomic mass is 10.2. The molecule has 0 bridgehead atoms. The maximum absolute atomic E-state index is 11.6. The molecule has 0 aliphatic heterocycles. The first kappa shape index (κ1) is 13.8. The smallest absolute Gasteiger partial charge is 0.212 e. The standard InChI is InChI=1S/C10H13Cl2NO2S/c1-13(16(14,15)7-6-11)8-9-2-4-10(12)5-3-9/h2-5H,6-8H2,1H3. The van der Waals surface area contributed by atoms with Crippen molar-refractivity contribution in [2.24, 2.45) is 0 Å². The molecule has 3 nitrogen and oxygen atoms in total. The molecule has 0 aliphatic rings. The van der Waals surface area contributed by atoms with E-state index in [1.54, 1.807) is 24.3 Å². The quantitative estimate of drug-likeness (QED) is 0.777. The molecule has 16 heavy (non-hydrogen) atoms. The third kappa shape index (κ3) is 3.94.